The van der Waals surface area contributed by atoms with Gasteiger partial charge >= 0.3 is 12.1 Å². The van der Waals surface area contributed by atoms with Crippen LogP contribution < -0.4 is 5.32 Å². The second-order valence-corrected chi connectivity index (χ2v) is 7.06. The smallest absolute Gasteiger partial charge is 0.408 e. The molecular weight excluding hydrogens is 344 g/mol. The quantitative estimate of drug-likeness (QED) is 0.514. The van der Waals surface area contributed by atoms with E-state index >= 15 is 0 Å². The molecule has 0 spiro atoms. The lowest BCUT2D eigenvalue weighted by Crippen LogP contribution is -2.47. The van der Waals surface area contributed by atoms with Gasteiger partial charge in [0.15, 0.2) is 24.3 Å². The van der Waals surface area contributed by atoms with Crippen molar-refractivity contribution in [3.05, 3.63) is 12.7 Å². The summed E-state index contributed by atoms with van der Waals surface area (Å²) in [6.45, 7) is 9.09. The molecule has 2 fully saturated rings. The van der Waals surface area contributed by atoms with E-state index in [0.29, 0.717) is 6.54 Å². The first-order valence-electron chi connectivity index (χ1n) is 8.53. The Labute approximate surface area is 153 Å². The van der Waals surface area contributed by atoms with Crippen molar-refractivity contribution in [3.8, 4) is 0 Å². The summed E-state index contributed by atoms with van der Waals surface area (Å²) in [4.78, 5) is 25.9. The van der Waals surface area contributed by atoms with Crippen molar-refractivity contribution in [2.45, 2.75) is 57.2 Å². The Morgan fingerprint density at radius 2 is 2.04 bits per heavy atom. The summed E-state index contributed by atoms with van der Waals surface area (Å²) in [5.74, 6) is -1.42. The predicted octanol–water partition coefficient (Wildman–Crippen LogP) is 0.637. The van der Waals surface area contributed by atoms with Crippen molar-refractivity contribution in [2.75, 3.05) is 27.2 Å². The van der Waals surface area contributed by atoms with Gasteiger partial charge in [-0.3, -0.25) is 0 Å². The standard InChI is InChI=1S/C17H28N2O7/c1-7-8-22-16(21)18-10(2)14(20)24-12-11(9-19(5)6)23-15-13(12)25-17(3,4)26-15/h7,10-13,15H,1,8-9H2,2-6H3,(H,18,21)/t10-,11+,12-,13+,15+/m0/s1. The van der Waals surface area contributed by atoms with Crippen LogP contribution in [0.25, 0.3) is 0 Å². The largest absolute Gasteiger partial charge is 0.455 e. The topological polar surface area (TPSA) is 95.6 Å². The Kier molecular flexibility index (Phi) is 6.62. The number of esters is 1. The summed E-state index contributed by atoms with van der Waals surface area (Å²) in [5, 5.41) is 2.41. The number of nitrogens with one attached hydrogen (secondary N) is 1. The lowest BCUT2D eigenvalue weighted by atomic mass is 10.1. The minimum Gasteiger partial charge on any atom is -0.455 e. The summed E-state index contributed by atoms with van der Waals surface area (Å²) in [6, 6.07) is -0.887. The van der Waals surface area contributed by atoms with Gasteiger partial charge in [-0.15, -0.1) is 0 Å². The second-order valence-electron chi connectivity index (χ2n) is 7.06. The summed E-state index contributed by atoms with van der Waals surface area (Å²) in [7, 11) is 3.78. The van der Waals surface area contributed by atoms with Crippen LogP contribution in [0.2, 0.25) is 0 Å². The molecule has 9 nitrogen and oxygen atoms in total. The van der Waals surface area contributed by atoms with E-state index in [9.17, 15) is 9.59 Å². The fourth-order valence-electron chi connectivity index (χ4n) is 2.84. The highest BCUT2D eigenvalue weighted by Gasteiger charge is 2.56. The maximum Gasteiger partial charge on any atom is 0.408 e. The second kappa shape index (κ2) is 8.34. The lowest BCUT2D eigenvalue weighted by Gasteiger charge is -2.28. The Hall–Kier alpha value is -1.68. The van der Waals surface area contributed by atoms with Gasteiger partial charge in [-0.2, -0.15) is 0 Å². The highest BCUT2D eigenvalue weighted by Crippen LogP contribution is 2.39. The predicted molar refractivity (Wildman–Crippen MR) is 91.3 cm³/mol. The van der Waals surface area contributed by atoms with Crippen molar-refractivity contribution in [1.29, 1.82) is 0 Å². The number of hydrogen-bond acceptors (Lipinski definition) is 8. The number of alkyl carbamates (subject to hydrolysis) is 1. The molecule has 0 unspecified atom stereocenters. The van der Waals surface area contributed by atoms with Crippen LogP contribution >= 0.6 is 0 Å². The monoisotopic (exact) mass is 372 g/mol. The number of ether oxygens (including phenoxy) is 5. The fraction of sp³-hybridized carbons (Fsp3) is 0.765. The average molecular weight is 372 g/mol. The molecule has 0 aromatic rings. The molecule has 9 heteroatoms. The van der Waals surface area contributed by atoms with Crippen molar-refractivity contribution >= 4 is 12.1 Å². The summed E-state index contributed by atoms with van der Waals surface area (Å²) in [5.41, 5.74) is 0. The normalized spacial score (nSPS) is 30.5. The van der Waals surface area contributed by atoms with Crippen LogP contribution in [0.4, 0.5) is 4.79 Å². The van der Waals surface area contributed by atoms with E-state index < -0.39 is 48.5 Å². The summed E-state index contributed by atoms with van der Waals surface area (Å²) < 4.78 is 27.8. The van der Waals surface area contributed by atoms with Crippen LogP contribution in [0, 0.1) is 0 Å². The molecule has 0 radical (unpaired) electrons. The molecule has 2 heterocycles. The SMILES string of the molecule is C=CCOC(=O)N[C@@H](C)C(=O)O[C@@H]1[C@H]2OC(C)(C)O[C@H]2O[C@@H]1CN(C)C. The lowest BCUT2D eigenvalue weighted by molar-refractivity contribution is -0.220. The first kappa shape index (κ1) is 20.6. The minimum atomic E-state index is -0.887. The maximum absolute atomic E-state index is 12.4. The Balaban J connectivity index is 1.99. The zero-order chi connectivity index (χ0) is 19.5. The number of amides is 1. The molecule has 5 atom stereocenters. The number of likely N-dealkylation sites (N-methyl/N-ethyl adjacent to an activating group) is 1. The van der Waals surface area contributed by atoms with Gasteiger partial charge in [0, 0.05) is 6.54 Å². The zero-order valence-corrected chi connectivity index (χ0v) is 15.9. The van der Waals surface area contributed by atoms with Crippen molar-refractivity contribution in [2.24, 2.45) is 0 Å². The first-order valence-corrected chi connectivity index (χ1v) is 8.53. The Morgan fingerprint density at radius 1 is 1.35 bits per heavy atom. The van der Waals surface area contributed by atoms with Gasteiger partial charge in [0.2, 0.25) is 0 Å². The van der Waals surface area contributed by atoms with Crippen LogP contribution in [-0.4, -0.2) is 80.6 Å². The van der Waals surface area contributed by atoms with Crippen molar-refractivity contribution in [1.82, 2.24) is 10.2 Å². The molecule has 26 heavy (non-hydrogen) atoms. The zero-order valence-electron chi connectivity index (χ0n) is 15.9. The highest BCUT2D eigenvalue weighted by atomic mass is 16.8. The number of hydrogen-bond donors (Lipinski definition) is 1. The van der Waals surface area contributed by atoms with Crippen molar-refractivity contribution < 1.29 is 33.3 Å². The molecule has 2 rings (SSSR count). The number of nitrogens with zero attached hydrogens (tertiary/aromatic N) is 1. The van der Waals surface area contributed by atoms with E-state index in [-0.39, 0.29) is 6.61 Å². The fourth-order valence-corrected chi connectivity index (χ4v) is 2.84. The van der Waals surface area contributed by atoms with Gasteiger partial charge in [-0.1, -0.05) is 12.7 Å². The number of carbonyl (C=O) groups excluding carboxylic acids is 2. The maximum atomic E-state index is 12.4. The molecule has 2 saturated heterocycles. The molecule has 0 aromatic carbocycles. The third-order valence-corrected chi connectivity index (χ3v) is 3.90. The van der Waals surface area contributed by atoms with Crippen LogP contribution in [-0.2, 0) is 28.5 Å². The van der Waals surface area contributed by atoms with Gasteiger partial charge in [0.1, 0.15) is 18.8 Å². The van der Waals surface area contributed by atoms with Crippen LogP contribution in [0.1, 0.15) is 20.8 Å². The molecule has 0 aromatic heterocycles. The van der Waals surface area contributed by atoms with Gasteiger partial charge in [0.05, 0.1) is 0 Å². The van der Waals surface area contributed by atoms with Gasteiger partial charge in [0.25, 0.3) is 0 Å². The molecule has 0 aliphatic carbocycles. The number of carbonyl (C=O) groups is 2. The van der Waals surface area contributed by atoms with Gasteiger partial charge < -0.3 is 33.9 Å². The number of fused-ring (bicyclic) bond motifs is 1. The first-order chi connectivity index (χ1) is 12.1. The van der Waals surface area contributed by atoms with E-state index in [1.54, 1.807) is 13.8 Å². The molecule has 2 aliphatic rings. The Bertz CT molecular complexity index is 537. The van der Waals surface area contributed by atoms with Crippen molar-refractivity contribution in [3.63, 3.8) is 0 Å². The van der Waals surface area contributed by atoms with Crippen LogP contribution in [0.3, 0.4) is 0 Å². The van der Waals surface area contributed by atoms with E-state index in [1.807, 2.05) is 19.0 Å². The minimum absolute atomic E-state index is 0.0546. The van der Waals surface area contributed by atoms with E-state index in [1.165, 1.54) is 13.0 Å². The molecule has 1 N–H and O–H groups in total. The van der Waals surface area contributed by atoms with Crippen LogP contribution in [0.5, 0.6) is 0 Å². The number of rotatable bonds is 7. The molecule has 1 amide bonds. The van der Waals surface area contributed by atoms with Gasteiger partial charge in [-0.25, -0.2) is 9.59 Å². The molecule has 0 saturated carbocycles. The summed E-state index contributed by atoms with van der Waals surface area (Å²) >= 11 is 0. The average Bonchev–Trinajstić information content (AvgIpc) is 2.97. The third-order valence-electron chi connectivity index (χ3n) is 3.90. The van der Waals surface area contributed by atoms with Gasteiger partial charge in [-0.05, 0) is 34.9 Å². The third kappa shape index (κ3) is 5.16. The Morgan fingerprint density at radius 3 is 2.65 bits per heavy atom. The van der Waals surface area contributed by atoms with E-state index in [4.69, 9.17) is 23.7 Å². The van der Waals surface area contributed by atoms with Crippen LogP contribution in [0.15, 0.2) is 12.7 Å². The highest BCUT2D eigenvalue weighted by molar-refractivity contribution is 5.81. The molecule has 0 bridgehead atoms. The van der Waals surface area contributed by atoms with E-state index in [2.05, 4.69) is 11.9 Å². The summed E-state index contributed by atoms with van der Waals surface area (Å²) in [6.07, 6.45) is -1.47. The molecular formula is C17H28N2O7. The molecule has 2 aliphatic heterocycles. The molecule has 148 valence electrons. The van der Waals surface area contributed by atoms with E-state index in [0.717, 1.165) is 0 Å².